The number of nitrogen functional groups attached to an aromatic ring is 1. The highest BCUT2D eigenvalue weighted by Gasteiger charge is 2.07. The van der Waals surface area contributed by atoms with E-state index in [0.29, 0.717) is 17.2 Å². The van der Waals surface area contributed by atoms with Gasteiger partial charge in [-0.3, -0.25) is 4.98 Å². The fourth-order valence-electron chi connectivity index (χ4n) is 1.72. The van der Waals surface area contributed by atoms with E-state index in [2.05, 4.69) is 18.1 Å². The summed E-state index contributed by atoms with van der Waals surface area (Å²) in [6.07, 6.45) is 6.66. The van der Waals surface area contributed by atoms with Gasteiger partial charge < -0.3 is 10.5 Å². The number of anilines is 1. The van der Waals surface area contributed by atoms with E-state index in [-0.39, 0.29) is 0 Å². The molecule has 3 nitrogen and oxygen atoms in total. The molecule has 2 N–H and O–H groups in total. The molecule has 0 fully saturated rings. The second-order valence-electron chi connectivity index (χ2n) is 4.08. The lowest BCUT2D eigenvalue weighted by atomic mass is 10.1. The Balaban J connectivity index is 2.40. The fraction of sp³-hybridized carbons (Fsp3) is 0. The van der Waals surface area contributed by atoms with E-state index in [4.69, 9.17) is 10.5 Å². The highest BCUT2D eigenvalue weighted by molar-refractivity contribution is 5.68. The lowest BCUT2D eigenvalue weighted by Crippen LogP contribution is -1.95. The molecular weight excluding hydrogens is 248 g/mol. The van der Waals surface area contributed by atoms with Gasteiger partial charge in [-0.1, -0.05) is 31.4 Å². The predicted molar refractivity (Wildman–Crippen MR) is 83.2 cm³/mol. The van der Waals surface area contributed by atoms with Crippen LogP contribution in [0, 0.1) is 0 Å². The van der Waals surface area contributed by atoms with Gasteiger partial charge in [0.15, 0.2) is 0 Å². The highest BCUT2D eigenvalue weighted by atomic mass is 16.5. The average Bonchev–Trinajstić information content (AvgIpc) is 2.48. The molecule has 0 bridgehead atoms. The number of ether oxygens (including phenoxy) is 1. The lowest BCUT2D eigenvalue weighted by Gasteiger charge is -2.11. The summed E-state index contributed by atoms with van der Waals surface area (Å²) in [5, 5.41) is 0. The van der Waals surface area contributed by atoms with E-state index in [9.17, 15) is 0 Å². The van der Waals surface area contributed by atoms with Crippen LogP contribution >= 0.6 is 0 Å². The van der Waals surface area contributed by atoms with Crippen LogP contribution in [0.5, 0.6) is 5.75 Å². The summed E-state index contributed by atoms with van der Waals surface area (Å²) in [6.45, 7) is 7.37. The number of benzene rings is 1. The molecular formula is C17H16N2O. The molecule has 1 aromatic carbocycles. The Morgan fingerprint density at radius 3 is 2.60 bits per heavy atom. The number of allylic oxidation sites excluding steroid dienone is 3. The third kappa shape index (κ3) is 3.14. The summed E-state index contributed by atoms with van der Waals surface area (Å²) in [6, 6.07) is 11.3. The SMILES string of the molecule is C=C/C=C(\C=C)Oc1ccccc1-c1ccc(N)cn1. The topological polar surface area (TPSA) is 48.1 Å². The number of nitrogens with two attached hydrogens (primary N) is 1. The molecule has 0 amide bonds. The number of pyridine rings is 1. The summed E-state index contributed by atoms with van der Waals surface area (Å²) in [4.78, 5) is 4.32. The molecule has 20 heavy (non-hydrogen) atoms. The maximum Gasteiger partial charge on any atom is 0.136 e. The standard InChI is InChI=1S/C17H16N2O/c1-3-7-14(4-2)20-17-9-6-5-8-15(17)16-11-10-13(18)12-19-16/h3-12H,1-2,18H2/b14-7+. The quantitative estimate of drug-likeness (QED) is 0.656. The Hall–Kier alpha value is -2.81. The van der Waals surface area contributed by atoms with Crippen molar-refractivity contribution in [2.75, 3.05) is 5.73 Å². The second-order valence-corrected chi connectivity index (χ2v) is 4.08. The summed E-state index contributed by atoms with van der Waals surface area (Å²) < 4.78 is 5.82. The summed E-state index contributed by atoms with van der Waals surface area (Å²) in [7, 11) is 0. The smallest absolute Gasteiger partial charge is 0.136 e. The van der Waals surface area contributed by atoms with E-state index in [1.54, 1.807) is 24.4 Å². The molecule has 1 heterocycles. The van der Waals surface area contributed by atoms with Crippen LogP contribution in [0.4, 0.5) is 5.69 Å². The molecule has 0 aliphatic rings. The normalized spacial score (nSPS) is 10.9. The van der Waals surface area contributed by atoms with Crippen LogP contribution in [-0.2, 0) is 0 Å². The zero-order chi connectivity index (χ0) is 14.4. The third-order valence-corrected chi connectivity index (χ3v) is 2.66. The lowest BCUT2D eigenvalue weighted by molar-refractivity contribution is 0.446. The molecule has 1 aromatic heterocycles. The maximum atomic E-state index is 5.82. The molecule has 0 aliphatic heterocycles. The van der Waals surface area contributed by atoms with Gasteiger partial charge in [-0.25, -0.2) is 0 Å². The van der Waals surface area contributed by atoms with E-state index >= 15 is 0 Å². The van der Waals surface area contributed by atoms with Crippen molar-refractivity contribution in [2.24, 2.45) is 0 Å². The molecule has 0 atom stereocenters. The zero-order valence-electron chi connectivity index (χ0n) is 11.1. The Kier molecular flexibility index (Phi) is 4.35. The van der Waals surface area contributed by atoms with Gasteiger partial charge in [0, 0.05) is 5.56 Å². The van der Waals surface area contributed by atoms with Crippen molar-refractivity contribution in [3.05, 3.63) is 79.7 Å². The fourth-order valence-corrected chi connectivity index (χ4v) is 1.72. The molecule has 3 heteroatoms. The number of aromatic nitrogens is 1. The first-order chi connectivity index (χ1) is 9.74. The van der Waals surface area contributed by atoms with Crippen molar-refractivity contribution >= 4 is 5.69 Å². The van der Waals surface area contributed by atoms with Gasteiger partial charge in [-0.05, 0) is 36.4 Å². The van der Waals surface area contributed by atoms with Crippen LogP contribution < -0.4 is 10.5 Å². The molecule has 0 spiro atoms. The van der Waals surface area contributed by atoms with Gasteiger partial charge in [-0.15, -0.1) is 0 Å². The van der Waals surface area contributed by atoms with Gasteiger partial charge in [0.25, 0.3) is 0 Å². The molecule has 0 saturated carbocycles. The Labute approximate surface area is 118 Å². The largest absolute Gasteiger partial charge is 0.457 e. The molecule has 0 radical (unpaired) electrons. The van der Waals surface area contributed by atoms with Gasteiger partial charge in [-0.2, -0.15) is 0 Å². The summed E-state index contributed by atoms with van der Waals surface area (Å²) >= 11 is 0. The van der Waals surface area contributed by atoms with Crippen molar-refractivity contribution in [1.82, 2.24) is 4.98 Å². The Morgan fingerprint density at radius 2 is 1.95 bits per heavy atom. The second kappa shape index (κ2) is 6.38. The van der Waals surface area contributed by atoms with Crippen molar-refractivity contribution in [1.29, 1.82) is 0 Å². The van der Waals surface area contributed by atoms with Gasteiger partial charge >= 0.3 is 0 Å². The number of hydrogen-bond acceptors (Lipinski definition) is 3. The van der Waals surface area contributed by atoms with Crippen molar-refractivity contribution in [2.45, 2.75) is 0 Å². The number of hydrogen-bond donors (Lipinski definition) is 1. The van der Waals surface area contributed by atoms with Crippen LogP contribution in [-0.4, -0.2) is 4.98 Å². The van der Waals surface area contributed by atoms with Crippen LogP contribution in [0.25, 0.3) is 11.3 Å². The average molecular weight is 264 g/mol. The minimum Gasteiger partial charge on any atom is -0.457 e. The van der Waals surface area contributed by atoms with E-state index in [1.165, 1.54) is 0 Å². The van der Waals surface area contributed by atoms with Gasteiger partial charge in [0.2, 0.25) is 0 Å². The van der Waals surface area contributed by atoms with E-state index < -0.39 is 0 Å². The molecule has 0 unspecified atom stereocenters. The first kappa shape index (κ1) is 13.6. The zero-order valence-corrected chi connectivity index (χ0v) is 11.1. The van der Waals surface area contributed by atoms with Crippen LogP contribution in [0.3, 0.4) is 0 Å². The maximum absolute atomic E-state index is 5.82. The predicted octanol–water partition coefficient (Wildman–Crippen LogP) is 3.97. The van der Waals surface area contributed by atoms with Crippen molar-refractivity contribution in [3.8, 4) is 17.0 Å². The van der Waals surface area contributed by atoms with Crippen molar-refractivity contribution in [3.63, 3.8) is 0 Å². The highest BCUT2D eigenvalue weighted by Crippen LogP contribution is 2.30. The van der Waals surface area contributed by atoms with E-state index in [1.807, 2.05) is 36.4 Å². The van der Waals surface area contributed by atoms with Crippen molar-refractivity contribution < 1.29 is 4.74 Å². The summed E-state index contributed by atoms with van der Waals surface area (Å²) in [5.41, 5.74) is 7.98. The molecule has 0 saturated heterocycles. The Bertz CT molecular complexity index is 642. The monoisotopic (exact) mass is 264 g/mol. The van der Waals surface area contributed by atoms with Crippen LogP contribution in [0.2, 0.25) is 0 Å². The van der Waals surface area contributed by atoms with Crippen LogP contribution in [0.15, 0.2) is 79.7 Å². The number of para-hydroxylation sites is 1. The molecule has 100 valence electrons. The Morgan fingerprint density at radius 1 is 1.15 bits per heavy atom. The third-order valence-electron chi connectivity index (χ3n) is 2.66. The first-order valence-corrected chi connectivity index (χ1v) is 6.18. The molecule has 2 aromatic rings. The first-order valence-electron chi connectivity index (χ1n) is 6.18. The minimum absolute atomic E-state index is 0.628. The molecule has 2 rings (SSSR count). The summed E-state index contributed by atoms with van der Waals surface area (Å²) in [5.74, 6) is 1.33. The molecule has 0 aliphatic carbocycles. The number of rotatable bonds is 5. The number of nitrogens with zero attached hydrogens (tertiary/aromatic N) is 1. The van der Waals surface area contributed by atoms with Gasteiger partial charge in [0.1, 0.15) is 11.5 Å². The van der Waals surface area contributed by atoms with Crippen LogP contribution in [0.1, 0.15) is 0 Å². The minimum atomic E-state index is 0.628. The van der Waals surface area contributed by atoms with Gasteiger partial charge in [0.05, 0.1) is 17.6 Å². The van der Waals surface area contributed by atoms with E-state index in [0.717, 1.165) is 11.3 Å².